The van der Waals surface area contributed by atoms with Crippen molar-refractivity contribution in [3.05, 3.63) is 23.8 Å². The summed E-state index contributed by atoms with van der Waals surface area (Å²) in [6.07, 6.45) is 0.547. The Morgan fingerprint density at radius 2 is 1.84 bits per heavy atom. The molecule has 0 radical (unpaired) electrons. The summed E-state index contributed by atoms with van der Waals surface area (Å²) in [5.74, 6) is -5.99. The SMILES string of the molecule is C[C@H](Cl)Cc1ccc2c(c1)OC(C(=O)O)(C(=O)O)O2. The zero-order chi connectivity index (χ0) is 14.2. The highest BCUT2D eigenvalue weighted by molar-refractivity contribution is 6.20. The molecule has 19 heavy (non-hydrogen) atoms. The topological polar surface area (TPSA) is 93.1 Å². The van der Waals surface area contributed by atoms with Crippen LogP contribution in [0.3, 0.4) is 0 Å². The first-order valence-electron chi connectivity index (χ1n) is 5.47. The summed E-state index contributed by atoms with van der Waals surface area (Å²) in [4.78, 5) is 22.1. The van der Waals surface area contributed by atoms with Crippen LogP contribution in [0.4, 0.5) is 0 Å². The van der Waals surface area contributed by atoms with Crippen LogP contribution in [0.15, 0.2) is 18.2 Å². The first-order chi connectivity index (χ1) is 8.85. The van der Waals surface area contributed by atoms with Crippen molar-refractivity contribution in [3.63, 3.8) is 0 Å². The minimum atomic E-state index is -2.71. The lowest BCUT2D eigenvalue weighted by Gasteiger charge is -2.16. The largest absolute Gasteiger partial charge is 0.475 e. The van der Waals surface area contributed by atoms with E-state index < -0.39 is 17.7 Å². The number of carboxylic acids is 2. The minimum absolute atomic E-state index is 0.0794. The van der Waals surface area contributed by atoms with Gasteiger partial charge >= 0.3 is 17.7 Å². The molecule has 0 aliphatic carbocycles. The van der Waals surface area contributed by atoms with Crippen molar-refractivity contribution in [2.45, 2.75) is 24.5 Å². The quantitative estimate of drug-likeness (QED) is 0.643. The lowest BCUT2D eigenvalue weighted by atomic mass is 10.1. The van der Waals surface area contributed by atoms with E-state index in [0.29, 0.717) is 6.42 Å². The van der Waals surface area contributed by atoms with Gasteiger partial charge in [-0.2, -0.15) is 0 Å². The molecule has 1 aliphatic heterocycles. The fraction of sp³-hybridized carbons (Fsp3) is 0.333. The smallest absolute Gasteiger partial charge is 0.453 e. The molecule has 6 nitrogen and oxygen atoms in total. The van der Waals surface area contributed by atoms with Crippen LogP contribution in [0.25, 0.3) is 0 Å². The number of hydrogen-bond acceptors (Lipinski definition) is 4. The van der Waals surface area contributed by atoms with Crippen molar-refractivity contribution in [3.8, 4) is 11.5 Å². The van der Waals surface area contributed by atoms with E-state index in [9.17, 15) is 9.59 Å². The number of aliphatic carboxylic acids is 2. The van der Waals surface area contributed by atoms with E-state index in [1.807, 2.05) is 6.92 Å². The summed E-state index contributed by atoms with van der Waals surface area (Å²) < 4.78 is 9.90. The number of carbonyl (C=O) groups is 2. The average molecular weight is 287 g/mol. The molecule has 0 saturated carbocycles. The summed E-state index contributed by atoms with van der Waals surface area (Å²) in [5, 5.41) is 17.8. The van der Waals surface area contributed by atoms with Crippen molar-refractivity contribution in [1.82, 2.24) is 0 Å². The highest BCUT2D eigenvalue weighted by Crippen LogP contribution is 2.40. The molecule has 0 unspecified atom stereocenters. The van der Waals surface area contributed by atoms with Crippen molar-refractivity contribution in [1.29, 1.82) is 0 Å². The standard InChI is InChI=1S/C12H11ClO6/c1-6(13)4-7-2-3-8-9(5-7)19-12(18-8,10(14)15)11(16)17/h2-3,5-6H,4H2,1H3,(H,14,15)(H,16,17)/t6-/m0/s1. The van der Waals surface area contributed by atoms with Gasteiger partial charge in [0.2, 0.25) is 0 Å². The molecule has 1 heterocycles. The first-order valence-corrected chi connectivity index (χ1v) is 5.90. The number of carboxylic acid groups (broad SMARTS) is 2. The van der Waals surface area contributed by atoms with Gasteiger partial charge in [-0.1, -0.05) is 6.07 Å². The van der Waals surface area contributed by atoms with Gasteiger partial charge in [-0.15, -0.1) is 11.6 Å². The zero-order valence-electron chi connectivity index (χ0n) is 9.92. The molecule has 7 heteroatoms. The van der Waals surface area contributed by atoms with Crippen molar-refractivity contribution in [2.24, 2.45) is 0 Å². The first kappa shape index (κ1) is 13.5. The second kappa shape index (κ2) is 4.62. The molecule has 1 aromatic rings. The van der Waals surface area contributed by atoms with E-state index in [1.165, 1.54) is 12.1 Å². The predicted molar refractivity (Wildman–Crippen MR) is 64.7 cm³/mol. The predicted octanol–water partition coefficient (Wildman–Crippen LogP) is 1.49. The number of fused-ring (bicyclic) bond motifs is 1. The zero-order valence-corrected chi connectivity index (χ0v) is 10.7. The molecule has 2 rings (SSSR count). The molecule has 0 aromatic heterocycles. The molecule has 0 bridgehead atoms. The summed E-state index contributed by atoms with van der Waals surface area (Å²) in [7, 11) is 0. The molecule has 102 valence electrons. The Balaban J connectivity index is 2.34. The second-order valence-corrected chi connectivity index (χ2v) is 4.94. The van der Waals surface area contributed by atoms with Crippen LogP contribution in [0.5, 0.6) is 11.5 Å². The molecule has 0 fully saturated rings. The van der Waals surface area contributed by atoms with Crippen molar-refractivity contribution >= 4 is 23.5 Å². The Morgan fingerprint density at radius 3 is 2.37 bits per heavy atom. The van der Waals surface area contributed by atoms with E-state index in [0.717, 1.165) is 5.56 Å². The lowest BCUT2D eigenvalue weighted by molar-refractivity contribution is -0.194. The monoisotopic (exact) mass is 286 g/mol. The molecular formula is C12H11ClO6. The number of ether oxygens (including phenoxy) is 2. The van der Waals surface area contributed by atoms with Crippen LogP contribution in [-0.2, 0) is 16.0 Å². The summed E-state index contributed by atoms with van der Waals surface area (Å²) in [6, 6.07) is 4.68. The average Bonchev–Trinajstić information content (AvgIpc) is 2.68. The van der Waals surface area contributed by atoms with Gasteiger partial charge < -0.3 is 19.7 Å². The summed E-state index contributed by atoms with van der Waals surface area (Å²) in [5.41, 5.74) is 0.802. The van der Waals surface area contributed by atoms with Gasteiger partial charge in [0, 0.05) is 5.38 Å². The van der Waals surface area contributed by atoms with E-state index in [4.69, 9.17) is 31.3 Å². The molecule has 0 amide bonds. The summed E-state index contributed by atoms with van der Waals surface area (Å²) in [6.45, 7) is 1.81. The minimum Gasteiger partial charge on any atom is -0.475 e. The second-order valence-electron chi connectivity index (χ2n) is 4.20. The molecule has 2 N–H and O–H groups in total. The number of alkyl halides is 1. The van der Waals surface area contributed by atoms with Gasteiger partial charge in [0.05, 0.1) is 0 Å². The van der Waals surface area contributed by atoms with Gasteiger partial charge in [-0.05, 0) is 31.0 Å². The Kier molecular flexibility index (Phi) is 3.28. The van der Waals surface area contributed by atoms with E-state index in [2.05, 4.69) is 0 Å². The van der Waals surface area contributed by atoms with Crippen LogP contribution in [0, 0.1) is 0 Å². The number of benzene rings is 1. The Labute approximate surface area is 113 Å². The van der Waals surface area contributed by atoms with Gasteiger partial charge in [0.1, 0.15) is 0 Å². The normalized spacial score (nSPS) is 16.9. The molecule has 0 saturated heterocycles. The van der Waals surface area contributed by atoms with Gasteiger partial charge in [0.15, 0.2) is 11.5 Å². The number of hydrogen-bond donors (Lipinski definition) is 2. The Morgan fingerprint density at radius 1 is 1.26 bits per heavy atom. The Bertz CT molecular complexity index is 525. The maximum absolute atomic E-state index is 11.0. The lowest BCUT2D eigenvalue weighted by Crippen LogP contribution is -2.54. The van der Waals surface area contributed by atoms with Crippen LogP contribution >= 0.6 is 11.6 Å². The molecule has 1 aromatic carbocycles. The highest BCUT2D eigenvalue weighted by atomic mass is 35.5. The van der Waals surface area contributed by atoms with Crippen LogP contribution < -0.4 is 9.47 Å². The van der Waals surface area contributed by atoms with E-state index in [1.54, 1.807) is 6.07 Å². The van der Waals surface area contributed by atoms with Crippen LogP contribution in [0.1, 0.15) is 12.5 Å². The third kappa shape index (κ3) is 2.31. The molecule has 1 aliphatic rings. The number of halogens is 1. The van der Waals surface area contributed by atoms with Gasteiger partial charge in [-0.25, -0.2) is 9.59 Å². The third-order valence-electron chi connectivity index (χ3n) is 2.60. The fourth-order valence-corrected chi connectivity index (χ4v) is 1.94. The molecule has 0 spiro atoms. The van der Waals surface area contributed by atoms with Crippen molar-refractivity contribution in [2.75, 3.05) is 0 Å². The third-order valence-corrected chi connectivity index (χ3v) is 2.75. The van der Waals surface area contributed by atoms with Crippen LogP contribution in [0.2, 0.25) is 0 Å². The maximum Gasteiger partial charge on any atom is 0.453 e. The molecular weight excluding hydrogens is 276 g/mol. The maximum atomic E-state index is 11.0. The van der Waals surface area contributed by atoms with E-state index >= 15 is 0 Å². The van der Waals surface area contributed by atoms with E-state index in [-0.39, 0.29) is 16.9 Å². The highest BCUT2D eigenvalue weighted by Gasteiger charge is 2.57. The molecule has 1 atom stereocenters. The number of rotatable bonds is 4. The van der Waals surface area contributed by atoms with Gasteiger partial charge in [-0.3, -0.25) is 0 Å². The summed E-state index contributed by atoms with van der Waals surface area (Å²) >= 11 is 5.86. The van der Waals surface area contributed by atoms with Crippen LogP contribution in [-0.4, -0.2) is 33.3 Å². The van der Waals surface area contributed by atoms with Gasteiger partial charge in [0.25, 0.3) is 0 Å². The Hall–Kier alpha value is -1.95. The van der Waals surface area contributed by atoms with Crippen molar-refractivity contribution < 1.29 is 29.3 Å². The fourth-order valence-electron chi connectivity index (χ4n) is 1.76.